The van der Waals surface area contributed by atoms with Gasteiger partial charge in [0.2, 0.25) is 5.91 Å². The van der Waals surface area contributed by atoms with Gasteiger partial charge in [-0.25, -0.2) is 4.98 Å². The minimum Gasteiger partial charge on any atom is -0.340 e. The van der Waals surface area contributed by atoms with Gasteiger partial charge in [0, 0.05) is 38.1 Å². The van der Waals surface area contributed by atoms with Crippen LogP contribution in [0.4, 0.5) is 0 Å². The molecule has 2 rings (SSSR count). The molecule has 19 heavy (non-hydrogen) atoms. The minimum atomic E-state index is 0.107. The van der Waals surface area contributed by atoms with Crippen molar-refractivity contribution in [1.82, 2.24) is 24.6 Å². The normalized spacial score (nSPS) is 12.4. The largest absolute Gasteiger partial charge is 0.340 e. The molecule has 0 saturated carbocycles. The molecule has 0 aliphatic rings. The molecule has 0 bridgehead atoms. The van der Waals surface area contributed by atoms with E-state index in [9.17, 15) is 4.79 Å². The summed E-state index contributed by atoms with van der Waals surface area (Å²) < 4.78 is 2.02. The Hall–Kier alpha value is -2.11. The fourth-order valence-corrected chi connectivity index (χ4v) is 2.08. The van der Waals surface area contributed by atoms with E-state index in [1.54, 1.807) is 24.3 Å². The van der Waals surface area contributed by atoms with Crippen molar-refractivity contribution in [2.45, 2.75) is 32.9 Å². The molecule has 102 valence electrons. The zero-order chi connectivity index (χ0) is 13.8. The predicted octanol–water partition coefficient (Wildman–Crippen LogP) is 1.52. The number of carbonyl (C=O) groups is 1. The Morgan fingerprint density at radius 1 is 1.53 bits per heavy atom. The van der Waals surface area contributed by atoms with Gasteiger partial charge in [-0.1, -0.05) is 0 Å². The maximum atomic E-state index is 12.1. The summed E-state index contributed by atoms with van der Waals surface area (Å²) in [7, 11) is 1.80. The predicted molar refractivity (Wildman–Crippen MR) is 71.4 cm³/mol. The third-order valence-electron chi connectivity index (χ3n) is 3.20. The first kappa shape index (κ1) is 13.3. The lowest BCUT2D eigenvalue weighted by atomic mass is 10.2. The third kappa shape index (κ3) is 3.21. The Morgan fingerprint density at radius 3 is 2.89 bits per heavy atom. The van der Waals surface area contributed by atoms with Crippen LogP contribution in [0.5, 0.6) is 0 Å². The molecule has 2 aromatic rings. The molecule has 0 aliphatic heterocycles. The first-order chi connectivity index (χ1) is 9.08. The van der Waals surface area contributed by atoms with Crippen LogP contribution in [0.3, 0.4) is 0 Å². The van der Waals surface area contributed by atoms with E-state index in [0.29, 0.717) is 13.0 Å². The van der Waals surface area contributed by atoms with Crippen LogP contribution in [0.2, 0.25) is 0 Å². The number of nitrogens with zero attached hydrogens (tertiary/aromatic N) is 4. The molecule has 2 heterocycles. The van der Waals surface area contributed by atoms with Gasteiger partial charge in [0.25, 0.3) is 0 Å². The lowest BCUT2D eigenvalue weighted by Crippen LogP contribution is -2.28. The van der Waals surface area contributed by atoms with Gasteiger partial charge in [-0.15, -0.1) is 0 Å². The number of hydrogen-bond donors (Lipinski definition) is 1. The summed E-state index contributed by atoms with van der Waals surface area (Å²) in [4.78, 5) is 18.0. The number of aryl methyl sites for hydroxylation is 1. The first-order valence-electron chi connectivity index (χ1n) is 6.29. The molecule has 2 aromatic heterocycles. The molecule has 0 radical (unpaired) electrons. The topological polar surface area (TPSA) is 66.8 Å². The maximum Gasteiger partial charge on any atom is 0.224 e. The zero-order valence-electron chi connectivity index (χ0n) is 11.5. The van der Waals surface area contributed by atoms with E-state index in [1.807, 2.05) is 30.7 Å². The van der Waals surface area contributed by atoms with Gasteiger partial charge in [-0.05, 0) is 19.9 Å². The fourth-order valence-electron chi connectivity index (χ4n) is 2.08. The van der Waals surface area contributed by atoms with Crippen LogP contribution in [0.25, 0.3) is 0 Å². The van der Waals surface area contributed by atoms with E-state index in [-0.39, 0.29) is 11.9 Å². The number of nitrogens with one attached hydrogen (secondary N) is 1. The summed E-state index contributed by atoms with van der Waals surface area (Å²) in [6.45, 7) is 4.51. The van der Waals surface area contributed by atoms with Crippen LogP contribution in [0, 0.1) is 6.92 Å². The van der Waals surface area contributed by atoms with Gasteiger partial charge in [0.05, 0.1) is 12.2 Å². The lowest BCUT2D eigenvalue weighted by molar-refractivity contribution is -0.131. The van der Waals surface area contributed by atoms with Crippen molar-refractivity contribution in [2.75, 3.05) is 7.05 Å². The molecule has 6 heteroatoms. The molecular formula is C13H19N5O. The van der Waals surface area contributed by atoms with Crippen molar-refractivity contribution < 1.29 is 4.79 Å². The molecule has 6 nitrogen and oxygen atoms in total. The van der Waals surface area contributed by atoms with Gasteiger partial charge in [0.1, 0.15) is 5.82 Å². The summed E-state index contributed by atoms with van der Waals surface area (Å²) in [5, 5.41) is 6.73. The fraction of sp³-hybridized carbons (Fsp3) is 0.462. The molecule has 0 unspecified atom stereocenters. The second-order valence-electron chi connectivity index (χ2n) is 4.77. The summed E-state index contributed by atoms with van der Waals surface area (Å²) >= 11 is 0. The number of carbonyl (C=O) groups excluding carboxylic acids is 1. The quantitative estimate of drug-likeness (QED) is 0.887. The van der Waals surface area contributed by atoms with Crippen molar-refractivity contribution in [3.63, 3.8) is 0 Å². The molecule has 1 amide bonds. The third-order valence-corrected chi connectivity index (χ3v) is 3.20. The summed E-state index contributed by atoms with van der Waals surface area (Å²) in [5.74, 6) is 1.03. The standard InChI is InChI=1S/C13H19N5O/c1-10(18-7-6-14-11(18)2)8-13(19)17(3)9-12-4-5-15-16-12/h4-7,10H,8-9H2,1-3H3,(H,15,16)/t10-/m1/s1. The molecule has 0 aliphatic carbocycles. The Balaban J connectivity index is 1.92. The number of aromatic amines is 1. The van der Waals surface area contributed by atoms with E-state index in [2.05, 4.69) is 15.2 Å². The zero-order valence-corrected chi connectivity index (χ0v) is 11.5. The van der Waals surface area contributed by atoms with Crippen molar-refractivity contribution in [2.24, 2.45) is 0 Å². The van der Waals surface area contributed by atoms with E-state index in [1.165, 1.54) is 0 Å². The first-order valence-corrected chi connectivity index (χ1v) is 6.29. The van der Waals surface area contributed by atoms with Crippen LogP contribution in [-0.2, 0) is 11.3 Å². The van der Waals surface area contributed by atoms with Crippen molar-refractivity contribution in [3.8, 4) is 0 Å². The Kier molecular flexibility index (Phi) is 3.99. The molecule has 0 fully saturated rings. The summed E-state index contributed by atoms with van der Waals surface area (Å²) in [6.07, 6.45) is 5.81. The average Bonchev–Trinajstić information content (AvgIpc) is 3.00. The van der Waals surface area contributed by atoms with E-state index < -0.39 is 0 Å². The van der Waals surface area contributed by atoms with Crippen molar-refractivity contribution >= 4 is 5.91 Å². The average molecular weight is 261 g/mol. The SMILES string of the molecule is Cc1nccn1[C@H](C)CC(=O)N(C)Cc1ccn[nH]1. The smallest absolute Gasteiger partial charge is 0.224 e. The minimum absolute atomic E-state index is 0.107. The number of hydrogen-bond acceptors (Lipinski definition) is 3. The van der Waals surface area contributed by atoms with Crippen LogP contribution >= 0.6 is 0 Å². The van der Waals surface area contributed by atoms with Gasteiger partial charge >= 0.3 is 0 Å². The van der Waals surface area contributed by atoms with Crippen LogP contribution in [0.15, 0.2) is 24.7 Å². The monoisotopic (exact) mass is 261 g/mol. The molecule has 0 spiro atoms. The number of aromatic nitrogens is 4. The van der Waals surface area contributed by atoms with Crippen molar-refractivity contribution in [3.05, 3.63) is 36.2 Å². The molecule has 0 saturated heterocycles. The Morgan fingerprint density at radius 2 is 2.32 bits per heavy atom. The van der Waals surface area contributed by atoms with Crippen molar-refractivity contribution in [1.29, 1.82) is 0 Å². The summed E-state index contributed by atoms with van der Waals surface area (Å²) in [6, 6.07) is 1.98. The Bertz CT molecular complexity index is 531. The highest BCUT2D eigenvalue weighted by Gasteiger charge is 2.16. The number of H-pyrrole nitrogens is 1. The van der Waals surface area contributed by atoms with Gasteiger partial charge in [0.15, 0.2) is 0 Å². The van der Waals surface area contributed by atoms with Crippen LogP contribution < -0.4 is 0 Å². The highest BCUT2D eigenvalue weighted by molar-refractivity contribution is 5.76. The second-order valence-corrected chi connectivity index (χ2v) is 4.77. The van der Waals surface area contributed by atoms with E-state index in [4.69, 9.17) is 0 Å². The summed E-state index contributed by atoms with van der Waals surface area (Å²) in [5.41, 5.74) is 0.933. The van der Waals surface area contributed by atoms with Crippen LogP contribution in [-0.4, -0.2) is 37.6 Å². The molecule has 1 atom stereocenters. The molecule has 1 N–H and O–H groups in total. The highest BCUT2D eigenvalue weighted by Crippen LogP contribution is 2.14. The number of amides is 1. The van der Waals surface area contributed by atoms with Gasteiger partial charge < -0.3 is 9.47 Å². The molecule has 0 aromatic carbocycles. The van der Waals surface area contributed by atoms with Gasteiger partial charge in [-0.3, -0.25) is 9.89 Å². The van der Waals surface area contributed by atoms with E-state index in [0.717, 1.165) is 11.5 Å². The van der Waals surface area contributed by atoms with Gasteiger partial charge in [-0.2, -0.15) is 5.10 Å². The highest BCUT2D eigenvalue weighted by atomic mass is 16.2. The second kappa shape index (κ2) is 5.69. The van der Waals surface area contributed by atoms with E-state index >= 15 is 0 Å². The molecular weight excluding hydrogens is 242 g/mol. The lowest BCUT2D eigenvalue weighted by Gasteiger charge is -2.20. The number of rotatable bonds is 5. The van der Waals surface area contributed by atoms with Crippen LogP contribution in [0.1, 0.15) is 30.9 Å². The number of imidazole rings is 1. The maximum absolute atomic E-state index is 12.1. The Labute approximate surface area is 112 Å².